The van der Waals surface area contributed by atoms with Crippen molar-refractivity contribution >= 4 is 11.6 Å². The van der Waals surface area contributed by atoms with Gasteiger partial charge in [0, 0.05) is 31.4 Å². The largest absolute Gasteiger partial charge is 0.365 e. The number of ether oxygens (including phenoxy) is 1. The van der Waals surface area contributed by atoms with Gasteiger partial charge in [-0.25, -0.2) is 4.68 Å². The lowest BCUT2D eigenvalue weighted by molar-refractivity contribution is -0.134. The highest BCUT2D eigenvalue weighted by molar-refractivity contribution is 5.77. The molecule has 10 nitrogen and oxygen atoms in total. The minimum Gasteiger partial charge on any atom is -0.365 e. The summed E-state index contributed by atoms with van der Waals surface area (Å²) in [5.41, 5.74) is 0.750. The van der Waals surface area contributed by atoms with Gasteiger partial charge in [0.15, 0.2) is 17.3 Å². The molecule has 1 N–H and O–H groups in total. The number of morpholine rings is 1. The first-order valence-electron chi connectivity index (χ1n) is 9.59. The minimum atomic E-state index is -0.0318. The van der Waals surface area contributed by atoms with Crippen molar-refractivity contribution in [3.63, 3.8) is 0 Å². The van der Waals surface area contributed by atoms with Crippen LogP contribution in [0.5, 0.6) is 0 Å². The number of aromatic nitrogens is 6. The Kier molecular flexibility index (Phi) is 4.49. The number of nitrogens with zero attached hydrogens (tertiary/aromatic N) is 7. The fourth-order valence-corrected chi connectivity index (χ4v) is 3.89. The molecule has 1 amide bonds. The first-order valence-corrected chi connectivity index (χ1v) is 9.59. The number of amides is 1. The van der Waals surface area contributed by atoms with Crippen LogP contribution in [0.4, 0.5) is 0 Å². The normalized spacial score (nSPS) is 21.9. The summed E-state index contributed by atoms with van der Waals surface area (Å²) in [6, 6.07) is 5.69. The van der Waals surface area contributed by atoms with Gasteiger partial charge in [-0.05, 0) is 44.1 Å². The predicted octanol–water partition coefficient (Wildman–Crippen LogP) is 0.00440. The monoisotopic (exact) mass is 382 g/mol. The number of piperidine rings is 1. The molecule has 0 aliphatic carbocycles. The lowest BCUT2D eigenvalue weighted by Gasteiger charge is -2.34. The van der Waals surface area contributed by atoms with Gasteiger partial charge in [-0.15, -0.1) is 15.3 Å². The first-order chi connectivity index (χ1) is 13.8. The van der Waals surface area contributed by atoms with Crippen molar-refractivity contribution in [1.29, 1.82) is 0 Å². The van der Waals surface area contributed by atoms with Gasteiger partial charge in [0.05, 0.1) is 6.10 Å². The molecule has 0 bridgehead atoms. The molecule has 10 heteroatoms. The summed E-state index contributed by atoms with van der Waals surface area (Å²) in [7, 11) is 0. The van der Waals surface area contributed by atoms with Gasteiger partial charge < -0.3 is 15.0 Å². The van der Waals surface area contributed by atoms with Crippen LogP contribution < -0.4 is 5.32 Å². The number of hydrogen-bond acceptors (Lipinski definition) is 7. The Labute approximate surface area is 161 Å². The van der Waals surface area contributed by atoms with Gasteiger partial charge in [0.25, 0.3) is 0 Å². The van der Waals surface area contributed by atoms with Gasteiger partial charge in [0.2, 0.25) is 5.91 Å². The maximum absolute atomic E-state index is 11.2. The summed E-state index contributed by atoms with van der Waals surface area (Å²) in [6.07, 6.45) is 5.66. The molecule has 0 radical (unpaired) electrons. The van der Waals surface area contributed by atoms with E-state index >= 15 is 0 Å². The molecule has 146 valence electrons. The Morgan fingerprint density at radius 1 is 1.21 bits per heavy atom. The molecular weight excluding hydrogens is 360 g/mol. The highest BCUT2D eigenvalue weighted by Gasteiger charge is 2.28. The Hall–Kier alpha value is -2.85. The van der Waals surface area contributed by atoms with E-state index in [-0.39, 0.29) is 18.6 Å². The van der Waals surface area contributed by atoms with Crippen LogP contribution in [0.1, 0.15) is 24.6 Å². The number of fused-ring (bicyclic) bond motifs is 1. The van der Waals surface area contributed by atoms with E-state index in [1.165, 1.54) is 0 Å². The SMILES string of the molecule is O=C1COC(CN2CCC(c3nnc4ccc(-n5cccn5)nn34)CC2)CN1. The summed E-state index contributed by atoms with van der Waals surface area (Å²) in [5, 5.41) is 20.5. The number of hydrogen-bond donors (Lipinski definition) is 1. The van der Waals surface area contributed by atoms with Crippen LogP contribution in [0.25, 0.3) is 11.5 Å². The van der Waals surface area contributed by atoms with Gasteiger partial charge in [-0.1, -0.05) is 0 Å². The first kappa shape index (κ1) is 17.3. The van der Waals surface area contributed by atoms with E-state index in [1.807, 2.05) is 28.9 Å². The van der Waals surface area contributed by atoms with E-state index in [9.17, 15) is 4.79 Å². The average Bonchev–Trinajstić information content (AvgIpc) is 3.40. The molecule has 1 unspecified atom stereocenters. The molecular formula is C18H22N8O2. The summed E-state index contributed by atoms with van der Waals surface area (Å²) in [4.78, 5) is 13.6. The second-order valence-electron chi connectivity index (χ2n) is 7.28. The van der Waals surface area contributed by atoms with Crippen LogP contribution in [0.3, 0.4) is 0 Å². The molecule has 2 saturated heterocycles. The van der Waals surface area contributed by atoms with Gasteiger partial charge in [-0.2, -0.15) is 9.61 Å². The highest BCUT2D eigenvalue weighted by atomic mass is 16.5. The van der Waals surface area contributed by atoms with Gasteiger partial charge in [0.1, 0.15) is 6.61 Å². The molecule has 2 aliphatic rings. The van der Waals surface area contributed by atoms with Crippen molar-refractivity contribution in [2.24, 2.45) is 0 Å². The molecule has 5 heterocycles. The predicted molar refractivity (Wildman–Crippen MR) is 99.1 cm³/mol. The van der Waals surface area contributed by atoms with Gasteiger partial charge in [-0.3, -0.25) is 4.79 Å². The number of likely N-dealkylation sites (tertiary alicyclic amines) is 1. The Balaban J connectivity index is 1.26. The van der Waals surface area contributed by atoms with Crippen LogP contribution in [0.15, 0.2) is 30.6 Å². The van der Waals surface area contributed by atoms with Crippen molar-refractivity contribution < 1.29 is 9.53 Å². The van der Waals surface area contributed by atoms with Crippen molar-refractivity contribution in [3.05, 3.63) is 36.4 Å². The van der Waals surface area contributed by atoms with Crippen LogP contribution >= 0.6 is 0 Å². The summed E-state index contributed by atoms with van der Waals surface area (Å²) >= 11 is 0. The van der Waals surface area contributed by atoms with Crippen molar-refractivity contribution in [2.45, 2.75) is 24.9 Å². The summed E-state index contributed by atoms with van der Waals surface area (Å²) in [5.74, 6) is 1.94. The van der Waals surface area contributed by atoms with Crippen LogP contribution in [0.2, 0.25) is 0 Å². The Morgan fingerprint density at radius 3 is 2.86 bits per heavy atom. The maximum Gasteiger partial charge on any atom is 0.246 e. The maximum atomic E-state index is 11.2. The van der Waals surface area contributed by atoms with E-state index in [0.717, 1.165) is 49.8 Å². The van der Waals surface area contributed by atoms with Gasteiger partial charge >= 0.3 is 0 Å². The quantitative estimate of drug-likeness (QED) is 0.678. The minimum absolute atomic E-state index is 0.0318. The number of carbonyl (C=O) groups excluding carboxylic acids is 1. The number of nitrogens with one attached hydrogen (secondary N) is 1. The van der Waals surface area contributed by atoms with Crippen LogP contribution in [-0.2, 0) is 9.53 Å². The van der Waals surface area contributed by atoms with Crippen molar-refractivity contribution in [3.8, 4) is 5.82 Å². The molecule has 5 rings (SSSR count). The molecule has 28 heavy (non-hydrogen) atoms. The fraction of sp³-hybridized carbons (Fsp3) is 0.500. The second-order valence-corrected chi connectivity index (χ2v) is 7.28. The summed E-state index contributed by atoms with van der Waals surface area (Å²) < 4.78 is 9.18. The zero-order valence-electron chi connectivity index (χ0n) is 15.4. The van der Waals surface area contributed by atoms with E-state index in [2.05, 4.69) is 25.5 Å². The molecule has 0 aromatic carbocycles. The third-order valence-electron chi connectivity index (χ3n) is 5.40. The lowest BCUT2D eigenvalue weighted by atomic mass is 9.96. The second kappa shape index (κ2) is 7.28. The third kappa shape index (κ3) is 3.36. The Morgan fingerprint density at radius 2 is 2.11 bits per heavy atom. The van der Waals surface area contributed by atoms with Crippen molar-refractivity contribution in [2.75, 3.05) is 32.8 Å². The third-order valence-corrected chi connectivity index (χ3v) is 5.40. The average molecular weight is 382 g/mol. The lowest BCUT2D eigenvalue weighted by Crippen LogP contribution is -2.49. The van der Waals surface area contributed by atoms with Crippen LogP contribution in [-0.4, -0.2) is 79.3 Å². The molecule has 1 atom stereocenters. The smallest absolute Gasteiger partial charge is 0.246 e. The van der Waals surface area contributed by atoms with E-state index in [4.69, 9.17) is 9.84 Å². The molecule has 2 fully saturated rings. The number of rotatable bonds is 4. The van der Waals surface area contributed by atoms with Crippen LogP contribution in [0, 0.1) is 0 Å². The topological polar surface area (TPSA) is 102 Å². The zero-order valence-corrected chi connectivity index (χ0v) is 15.4. The Bertz CT molecular complexity index is 951. The standard InChI is InChI=1S/C18H22N8O2/c27-17-12-28-14(10-19-17)11-24-8-4-13(5-9-24)18-22-21-15-2-3-16(23-26(15)18)25-7-1-6-20-25/h1-3,6-7,13-14H,4-5,8-12H2,(H,19,27). The molecule has 0 spiro atoms. The van der Waals surface area contributed by atoms with E-state index < -0.39 is 0 Å². The van der Waals surface area contributed by atoms with Crippen molar-refractivity contribution in [1.82, 2.24) is 39.8 Å². The van der Waals surface area contributed by atoms with E-state index in [1.54, 1.807) is 10.9 Å². The fourth-order valence-electron chi connectivity index (χ4n) is 3.89. The highest BCUT2D eigenvalue weighted by Crippen LogP contribution is 2.27. The molecule has 0 saturated carbocycles. The summed E-state index contributed by atoms with van der Waals surface area (Å²) in [6.45, 7) is 3.53. The zero-order chi connectivity index (χ0) is 18.9. The number of carbonyl (C=O) groups is 1. The van der Waals surface area contributed by atoms with E-state index in [0.29, 0.717) is 12.5 Å². The molecule has 3 aromatic heterocycles. The molecule has 2 aliphatic heterocycles. The molecule has 3 aromatic rings.